The Balaban J connectivity index is 1.02. The zero-order chi connectivity index (χ0) is 25.3. The summed E-state index contributed by atoms with van der Waals surface area (Å²) >= 11 is 0. The fourth-order valence-electron chi connectivity index (χ4n) is 3.63. The summed E-state index contributed by atoms with van der Waals surface area (Å²) in [6, 6.07) is 15.1. The molecule has 6 aromatic rings. The van der Waals surface area contributed by atoms with Gasteiger partial charge in [-0.15, -0.1) is 10.2 Å². The fraction of sp³-hybridized carbons (Fsp3) is 0.100. The van der Waals surface area contributed by atoms with Gasteiger partial charge in [0.15, 0.2) is 0 Å². The Bertz CT molecular complexity index is 1680. The molecular weight excluding hydrogens is 500 g/mol. The molecule has 188 valence electrons. The van der Waals surface area contributed by atoms with E-state index in [9.17, 15) is 0 Å². The molecule has 1 aliphatic rings. The van der Waals surface area contributed by atoms with Crippen LogP contribution in [0.15, 0.2) is 68.1 Å². The molecule has 0 amide bonds. The van der Waals surface area contributed by atoms with Gasteiger partial charge in [0, 0.05) is 0 Å². The molecule has 18 nitrogen and oxygen atoms in total. The minimum atomic E-state index is -0.0963. The highest BCUT2D eigenvalue weighted by Gasteiger charge is 2.27. The lowest BCUT2D eigenvalue weighted by molar-refractivity contribution is 0.214. The van der Waals surface area contributed by atoms with E-state index in [2.05, 4.69) is 62.2 Å². The van der Waals surface area contributed by atoms with Crippen LogP contribution in [0.3, 0.4) is 0 Å². The van der Waals surface area contributed by atoms with E-state index in [1.54, 1.807) is 9.36 Å². The molecule has 0 aliphatic carbocycles. The van der Waals surface area contributed by atoms with Crippen LogP contribution in [0.5, 0.6) is 0 Å². The SMILES string of the molecule is c1ccc2c(c1)nnn2CNc1nonc1C1=NOC(c2nonc2NCn2nnc3ccccc32)=NO1. The van der Waals surface area contributed by atoms with Gasteiger partial charge in [-0.1, -0.05) is 34.7 Å². The summed E-state index contributed by atoms with van der Waals surface area (Å²) in [5, 5.41) is 45.7. The number of rotatable bonds is 8. The highest BCUT2D eigenvalue weighted by molar-refractivity contribution is 6.01. The van der Waals surface area contributed by atoms with E-state index in [0.29, 0.717) is 0 Å². The number of aromatic nitrogens is 10. The van der Waals surface area contributed by atoms with Crippen LogP contribution in [0.25, 0.3) is 22.1 Å². The van der Waals surface area contributed by atoms with Gasteiger partial charge in [-0.2, -0.15) is 0 Å². The molecule has 0 atom stereocenters. The molecular formula is C20H14N14O4. The average Bonchev–Trinajstić information content (AvgIpc) is 3.77. The number of oxime groups is 2. The number of hydrogen-bond acceptors (Lipinski definition) is 16. The Morgan fingerprint density at radius 2 is 1.08 bits per heavy atom. The molecule has 0 fully saturated rings. The van der Waals surface area contributed by atoms with Crippen molar-refractivity contribution in [3.8, 4) is 0 Å². The molecule has 5 heterocycles. The number of anilines is 2. The first-order chi connectivity index (χ1) is 18.8. The number of hydrogen-bond donors (Lipinski definition) is 2. The van der Waals surface area contributed by atoms with Crippen molar-refractivity contribution in [3.05, 3.63) is 59.9 Å². The topological polar surface area (TPSA) is 207 Å². The first-order valence-electron chi connectivity index (χ1n) is 11.0. The van der Waals surface area contributed by atoms with E-state index in [0.717, 1.165) is 22.1 Å². The van der Waals surface area contributed by atoms with E-state index in [4.69, 9.17) is 18.9 Å². The summed E-state index contributed by atoms with van der Waals surface area (Å²) in [7, 11) is 0. The highest BCUT2D eigenvalue weighted by atomic mass is 16.7. The van der Waals surface area contributed by atoms with E-state index in [1.807, 2.05) is 48.5 Å². The molecule has 4 aromatic heterocycles. The van der Waals surface area contributed by atoms with Crippen LogP contribution in [0.2, 0.25) is 0 Å². The Hall–Kier alpha value is -5.94. The van der Waals surface area contributed by atoms with Crippen LogP contribution < -0.4 is 10.6 Å². The maximum absolute atomic E-state index is 5.38. The summed E-state index contributed by atoms with van der Waals surface area (Å²) in [6.07, 6.45) is 0. The lowest BCUT2D eigenvalue weighted by atomic mass is 10.3. The zero-order valence-electron chi connectivity index (χ0n) is 19.0. The number of fused-ring (bicyclic) bond motifs is 2. The molecule has 1 aliphatic heterocycles. The maximum atomic E-state index is 5.38. The third kappa shape index (κ3) is 3.77. The third-order valence-electron chi connectivity index (χ3n) is 5.45. The molecule has 0 saturated heterocycles. The van der Waals surface area contributed by atoms with Crippen molar-refractivity contribution in [2.24, 2.45) is 10.3 Å². The Morgan fingerprint density at radius 1 is 0.605 bits per heavy atom. The first kappa shape index (κ1) is 21.4. The molecule has 0 unspecified atom stereocenters. The summed E-state index contributed by atoms with van der Waals surface area (Å²) in [5.41, 5.74) is 3.45. The number of nitrogens with one attached hydrogen (secondary N) is 2. The molecule has 0 radical (unpaired) electrons. The molecule has 2 aromatic carbocycles. The molecule has 2 N–H and O–H groups in total. The Kier molecular flexibility index (Phi) is 5.02. The van der Waals surface area contributed by atoms with Crippen LogP contribution >= 0.6 is 0 Å². The molecule has 0 bridgehead atoms. The van der Waals surface area contributed by atoms with Crippen LogP contribution in [0, 0.1) is 0 Å². The third-order valence-corrected chi connectivity index (χ3v) is 5.45. The van der Waals surface area contributed by atoms with Gasteiger partial charge in [0.2, 0.25) is 23.0 Å². The van der Waals surface area contributed by atoms with Crippen LogP contribution in [0.4, 0.5) is 11.6 Å². The van der Waals surface area contributed by atoms with E-state index in [-0.39, 0.29) is 48.2 Å². The van der Waals surface area contributed by atoms with E-state index < -0.39 is 0 Å². The summed E-state index contributed by atoms with van der Waals surface area (Å²) in [5.74, 6) is 0.272. The van der Waals surface area contributed by atoms with Crippen molar-refractivity contribution in [3.63, 3.8) is 0 Å². The standard InChI is InChI=1S/C20H14N14O4/c1-3-7-13-11(5-1)23-31-33(13)9-21-17-15(25-37-27-17)19-29-36-20(30-35-19)16-18(28-38-26-16)22-10-34-14-8-4-2-6-12(14)24-32-34/h1-8H,9-10H2,(H,21,27)(H,22,28). The smallest absolute Gasteiger partial charge is 0.317 e. The molecule has 0 spiro atoms. The van der Waals surface area contributed by atoms with Crippen molar-refractivity contribution in [1.29, 1.82) is 0 Å². The Labute approximate surface area is 209 Å². The van der Waals surface area contributed by atoms with Gasteiger partial charge in [-0.25, -0.2) is 18.6 Å². The fourth-order valence-corrected chi connectivity index (χ4v) is 3.63. The largest absolute Gasteiger partial charge is 0.346 e. The zero-order valence-corrected chi connectivity index (χ0v) is 19.0. The minimum Gasteiger partial charge on any atom is -0.346 e. The summed E-state index contributed by atoms with van der Waals surface area (Å²) < 4.78 is 13.0. The lowest BCUT2D eigenvalue weighted by Gasteiger charge is -2.10. The van der Waals surface area contributed by atoms with Crippen molar-refractivity contribution < 1.29 is 18.9 Å². The number of nitrogens with zero attached hydrogens (tertiary/aromatic N) is 12. The second kappa shape index (κ2) is 8.93. The number of benzene rings is 2. The van der Waals surface area contributed by atoms with Crippen LogP contribution in [0.1, 0.15) is 11.4 Å². The number of para-hydroxylation sites is 2. The average molecular weight is 514 g/mol. The van der Waals surface area contributed by atoms with Crippen molar-refractivity contribution in [1.82, 2.24) is 50.6 Å². The molecule has 18 heteroatoms. The maximum Gasteiger partial charge on any atom is 0.317 e. The van der Waals surface area contributed by atoms with Gasteiger partial charge in [0.25, 0.3) is 0 Å². The van der Waals surface area contributed by atoms with Gasteiger partial charge in [0.05, 0.1) is 11.0 Å². The summed E-state index contributed by atoms with van der Waals surface area (Å²) in [6.45, 7) is 0.455. The van der Waals surface area contributed by atoms with Gasteiger partial charge >= 0.3 is 11.8 Å². The van der Waals surface area contributed by atoms with E-state index in [1.165, 1.54) is 0 Å². The van der Waals surface area contributed by atoms with Crippen LogP contribution in [-0.2, 0) is 23.0 Å². The highest BCUT2D eigenvalue weighted by Crippen LogP contribution is 2.20. The predicted octanol–water partition coefficient (Wildman–Crippen LogP) is 1.15. The summed E-state index contributed by atoms with van der Waals surface area (Å²) in [4.78, 5) is 10.8. The quantitative estimate of drug-likeness (QED) is 0.292. The van der Waals surface area contributed by atoms with E-state index >= 15 is 0 Å². The first-order valence-corrected chi connectivity index (χ1v) is 11.0. The normalized spacial score (nSPS) is 13.2. The van der Waals surface area contributed by atoms with Gasteiger partial charge in [-0.05, 0) is 55.2 Å². The lowest BCUT2D eigenvalue weighted by Crippen LogP contribution is -2.19. The van der Waals surface area contributed by atoms with Gasteiger partial charge in [-0.3, -0.25) is 0 Å². The van der Waals surface area contributed by atoms with Crippen molar-refractivity contribution >= 4 is 45.5 Å². The van der Waals surface area contributed by atoms with Crippen molar-refractivity contribution in [2.75, 3.05) is 10.6 Å². The molecule has 38 heavy (non-hydrogen) atoms. The Morgan fingerprint density at radius 3 is 1.55 bits per heavy atom. The molecule has 0 saturated carbocycles. The van der Waals surface area contributed by atoms with Crippen molar-refractivity contribution in [2.45, 2.75) is 13.3 Å². The predicted molar refractivity (Wildman–Crippen MR) is 126 cm³/mol. The minimum absolute atomic E-state index is 0.0963. The van der Waals surface area contributed by atoms with Gasteiger partial charge < -0.3 is 20.3 Å². The second-order valence-electron chi connectivity index (χ2n) is 7.72. The van der Waals surface area contributed by atoms with Crippen LogP contribution in [-0.4, -0.2) is 62.4 Å². The molecule has 7 rings (SSSR count). The monoisotopic (exact) mass is 514 g/mol. The second-order valence-corrected chi connectivity index (χ2v) is 7.72. The van der Waals surface area contributed by atoms with Gasteiger partial charge in [0.1, 0.15) is 24.4 Å².